The molecule has 0 bridgehead atoms. The number of aryl methyl sites for hydroxylation is 2. The normalized spacial score (nSPS) is 10.4. The largest absolute Gasteiger partial charge is 0.339 e. The Balaban J connectivity index is 1.63. The van der Waals surface area contributed by atoms with Crippen LogP contribution >= 0.6 is 11.6 Å². The van der Waals surface area contributed by atoms with Gasteiger partial charge < -0.3 is 4.52 Å². The lowest BCUT2D eigenvalue weighted by Crippen LogP contribution is -2.42. The van der Waals surface area contributed by atoms with Crippen LogP contribution in [0.15, 0.2) is 28.8 Å². The molecule has 2 rings (SSSR count). The number of carbonyl (C=O) groups is 2. The minimum Gasteiger partial charge on any atom is -0.339 e. The molecule has 7 nitrogen and oxygen atoms in total. The van der Waals surface area contributed by atoms with E-state index in [1.54, 1.807) is 24.3 Å². The molecule has 0 unspecified atom stereocenters. The van der Waals surface area contributed by atoms with E-state index in [1.165, 1.54) is 0 Å². The van der Waals surface area contributed by atoms with Crippen LogP contribution in [0.4, 0.5) is 0 Å². The highest BCUT2D eigenvalue weighted by molar-refractivity contribution is 6.30. The van der Waals surface area contributed by atoms with Crippen LogP contribution in [0.1, 0.15) is 37.0 Å². The van der Waals surface area contributed by atoms with Crippen molar-refractivity contribution >= 4 is 23.4 Å². The van der Waals surface area contributed by atoms with Gasteiger partial charge in [0.25, 0.3) is 0 Å². The number of carbonyl (C=O) groups excluding carboxylic acids is 2. The Bertz CT molecular complexity index is 685. The highest BCUT2D eigenvalue weighted by Crippen LogP contribution is 2.09. The van der Waals surface area contributed by atoms with Crippen molar-refractivity contribution in [2.45, 2.75) is 39.0 Å². The smallest absolute Gasteiger partial charge is 0.242 e. The molecule has 0 aliphatic rings. The Labute approximate surface area is 144 Å². The number of nitrogens with one attached hydrogen (secondary N) is 2. The second-order valence-electron chi connectivity index (χ2n) is 5.21. The molecule has 1 aromatic carbocycles. The van der Waals surface area contributed by atoms with Crippen LogP contribution in [-0.4, -0.2) is 22.0 Å². The van der Waals surface area contributed by atoms with Crippen LogP contribution in [0.25, 0.3) is 0 Å². The van der Waals surface area contributed by atoms with E-state index in [4.69, 9.17) is 16.1 Å². The molecule has 2 aromatic rings. The summed E-state index contributed by atoms with van der Waals surface area (Å²) in [6.45, 7) is 1.94. The number of amides is 2. The predicted molar refractivity (Wildman–Crippen MR) is 88.1 cm³/mol. The first-order valence-corrected chi connectivity index (χ1v) is 8.08. The highest BCUT2D eigenvalue weighted by atomic mass is 35.5. The molecule has 8 heteroatoms. The summed E-state index contributed by atoms with van der Waals surface area (Å²) in [5, 5.41) is 4.40. The summed E-state index contributed by atoms with van der Waals surface area (Å²) in [4.78, 5) is 27.6. The van der Waals surface area contributed by atoms with E-state index in [2.05, 4.69) is 21.0 Å². The van der Waals surface area contributed by atoms with Gasteiger partial charge in [-0.25, -0.2) is 0 Å². The van der Waals surface area contributed by atoms with Crippen molar-refractivity contribution in [3.8, 4) is 0 Å². The third-order valence-electron chi connectivity index (χ3n) is 3.24. The van der Waals surface area contributed by atoms with E-state index < -0.39 is 0 Å². The van der Waals surface area contributed by atoms with Crippen molar-refractivity contribution in [3.63, 3.8) is 0 Å². The van der Waals surface area contributed by atoms with Crippen molar-refractivity contribution in [1.29, 1.82) is 0 Å². The molecular formula is C16H19ClN4O3. The zero-order valence-electron chi connectivity index (χ0n) is 13.3. The van der Waals surface area contributed by atoms with Crippen molar-refractivity contribution in [2.75, 3.05) is 0 Å². The Kier molecular flexibility index (Phi) is 6.74. The number of halogens is 1. The molecule has 0 saturated carbocycles. The number of rotatable bonds is 7. The number of hydrazine groups is 1. The lowest BCUT2D eigenvalue weighted by atomic mass is 10.1. The van der Waals surface area contributed by atoms with Gasteiger partial charge in [-0.1, -0.05) is 35.8 Å². The van der Waals surface area contributed by atoms with E-state index in [9.17, 15) is 9.59 Å². The summed E-state index contributed by atoms with van der Waals surface area (Å²) < 4.78 is 5.04. The van der Waals surface area contributed by atoms with Gasteiger partial charge in [0.1, 0.15) is 0 Å². The molecule has 0 atom stereocenters. The maximum atomic E-state index is 11.7. The number of hydrogen-bond acceptors (Lipinski definition) is 5. The molecule has 0 aliphatic heterocycles. The van der Waals surface area contributed by atoms with Crippen LogP contribution in [0.2, 0.25) is 5.02 Å². The molecule has 2 amide bonds. The van der Waals surface area contributed by atoms with Gasteiger partial charge in [0, 0.05) is 24.3 Å². The Hall–Kier alpha value is -2.41. The number of aromatic nitrogens is 2. The van der Waals surface area contributed by atoms with E-state index in [0.29, 0.717) is 36.0 Å². The maximum absolute atomic E-state index is 11.7. The zero-order chi connectivity index (χ0) is 17.4. The molecule has 0 spiro atoms. The van der Waals surface area contributed by atoms with E-state index in [-0.39, 0.29) is 24.7 Å². The second-order valence-corrected chi connectivity index (χ2v) is 5.65. The molecule has 0 radical (unpaired) electrons. The first-order chi connectivity index (χ1) is 11.6. The summed E-state index contributed by atoms with van der Waals surface area (Å²) >= 11 is 5.78. The van der Waals surface area contributed by atoms with E-state index in [1.807, 2.05) is 6.92 Å². The third-order valence-corrected chi connectivity index (χ3v) is 3.49. The number of nitrogens with zero attached hydrogens (tertiary/aromatic N) is 2. The van der Waals surface area contributed by atoms with Crippen molar-refractivity contribution in [1.82, 2.24) is 21.0 Å². The van der Waals surface area contributed by atoms with Crippen LogP contribution in [0.5, 0.6) is 0 Å². The quantitative estimate of drug-likeness (QED) is 0.744. The standard InChI is InChI=1S/C16H19ClN4O3/c1-2-13-18-16(24-21-13)5-3-4-14(22)19-20-15(23)10-11-6-8-12(17)9-7-11/h6-9H,2-5,10H2,1H3,(H,19,22)(H,20,23). The summed E-state index contributed by atoms with van der Waals surface area (Å²) in [6.07, 6.45) is 2.22. The Morgan fingerprint density at radius 2 is 1.88 bits per heavy atom. The summed E-state index contributed by atoms with van der Waals surface area (Å²) in [5.41, 5.74) is 5.58. The average molecular weight is 351 g/mol. The number of hydrogen-bond donors (Lipinski definition) is 2. The van der Waals surface area contributed by atoms with Gasteiger partial charge in [-0.05, 0) is 24.1 Å². The fourth-order valence-electron chi connectivity index (χ4n) is 1.97. The van der Waals surface area contributed by atoms with Gasteiger partial charge in [-0.3, -0.25) is 20.4 Å². The minimum atomic E-state index is -0.296. The monoisotopic (exact) mass is 350 g/mol. The van der Waals surface area contributed by atoms with Crippen molar-refractivity contribution in [3.05, 3.63) is 46.6 Å². The fourth-order valence-corrected chi connectivity index (χ4v) is 2.10. The SMILES string of the molecule is CCc1noc(CCCC(=O)NNC(=O)Cc2ccc(Cl)cc2)n1. The van der Waals surface area contributed by atoms with Crippen LogP contribution in [0.3, 0.4) is 0 Å². The molecular weight excluding hydrogens is 332 g/mol. The molecule has 2 N–H and O–H groups in total. The van der Waals surface area contributed by atoms with Gasteiger partial charge >= 0.3 is 0 Å². The molecule has 1 aromatic heterocycles. The second kappa shape index (κ2) is 9.02. The summed E-state index contributed by atoms with van der Waals surface area (Å²) in [5.74, 6) is 0.611. The van der Waals surface area contributed by atoms with Crippen LogP contribution < -0.4 is 10.9 Å². The highest BCUT2D eigenvalue weighted by Gasteiger charge is 2.08. The lowest BCUT2D eigenvalue weighted by Gasteiger charge is -2.07. The first-order valence-electron chi connectivity index (χ1n) is 7.70. The average Bonchev–Trinajstić information content (AvgIpc) is 3.03. The summed E-state index contributed by atoms with van der Waals surface area (Å²) in [7, 11) is 0. The molecule has 0 fully saturated rings. The fraction of sp³-hybridized carbons (Fsp3) is 0.375. The summed E-state index contributed by atoms with van der Waals surface area (Å²) in [6, 6.07) is 6.95. The molecule has 0 aliphatic carbocycles. The minimum absolute atomic E-state index is 0.166. The maximum Gasteiger partial charge on any atom is 0.242 e. The van der Waals surface area contributed by atoms with Crippen molar-refractivity contribution in [2.24, 2.45) is 0 Å². The van der Waals surface area contributed by atoms with Gasteiger partial charge in [0.15, 0.2) is 5.82 Å². The Morgan fingerprint density at radius 3 is 2.54 bits per heavy atom. The molecule has 128 valence electrons. The van der Waals surface area contributed by atoms with Gasteiger partial charge in [0.05, 0.1) is 6.42 Å². The van der Waals surface area contributed by atoms with Gasteiger partial charge in [-0.2, -0.15) is 4.98 Å². The van der Waals surface area contributed by atoms with E-state index >= 15 is 0 Å². The molecule has 1 heterocycles. The van der Waals surface area contributed by atoms with E-state index in [0.717, 1.165) is 5.56 Å². The van der Waals surface area contributed by atoms with Gasteiger partial charge in [0.2, 0.25) is 17.7 Å². The predicted octanol–water partition coefficient (Wildman–Crippen LogP) is 2.00. The van der Waals surface area contributed by atoms with Crippen LogP contribution in [0, 0.1) is 0 Å². The third kappa shape index (κ3) is 6.00. The first kappa shape index (κ1) is 17.9. The lowest BCUT2D eigenvalue weighted by molar-refractivity contribution is -0.128. The van der Waals surface area contributed by atoms with Gasteiger partial charge in [-0.15, -0.1) is 0 Å². The zero-order valence-corrected chi connectivity index (χ0v) is 14.1. The molecule has 0 saturated heterocycles. The van der Waals surface area contributed by atoms with Crippen molar-refractivity contribution < 1.29 is 14.1 Å². The molecule has 24 heavy (non-hydrogen) atoms. The topological polar surface area (TPSA) is 97.1 Å². The number of benzene rings is 1. The Morgan fingerprint density at radius 1 is 1.17 bits per heavy atom. The van der Waals surface area contributed by atoms with Crippen LogP contribution in [-0.2, 0) is 28.9 Å².